The van der Waals surface area contributed by atoms with Gasteiger partial charge in [0.2, 0.25) is 0 Å². The number of alkyl halides is 2. The van der Waals surface area contributed by atoms with Crippen molar-refractivity contribution in [2.45, 2.75) is 25.8 Å². The first-order valence-corrected chi connectivity index (χ1v) is 4.62. The number of methoxy groups -OCH3 is 1. The van der Waals surface area contributed by atoms with Gasteiger partial charge in [0.25, 0.3) is 6.43 Å². The minimum atomic E-state index is -2.63. The molecule has 2 nitrogen and oxygen atoms in total. The maximum atomic E-state index is 12.8. The van der Waals surface area contributed by atoms with Crippen molar-refractivity contribution >= 4 is 0 Å². The third kappa shape index (κ3) is 2.09. The summed E-state index contributed by atoms with van der Waals surface area (Å²) in [6.45, 7) is 3.10. The third-order valence-electron chi connectivity index (χ3n) is 2.45. The first-order chi connectivity index (χ1) is 6.91. The predicted molar refractivity (Wildman–Crippen MR) is 55.3 cm³/mol. The van der Waals surface area contributed by atoms with E-state index in [2.05, 4.69) is 0 Å². The molecule has 0 bridgehead atoms. The average molecular weight is 215 g/mol. The van der Waals surface area contributed by atoms with Crippen molar-refractivity contribution in [3.8, 4) is 5.75 Å². The summed E-state index contributed by atoms with van der Waals surface area (Å²) in [5.41, 5.74) is 5.04. The lowest BCUT2D eigenvalue weighted by atomic mass is 9.91. The van der Waals surface area contributed by atoms with Gasteiger partial charge in [-0.05, 0) is 19.4 Å². The van der Waals surface area contributed by atoms with Gasteiger partial charge in [0, 0.05) is 5.56 Å². The van der Waals surface area contributed by atoms with Crippen LogP contribution >= 0.6 is 0 Å². The first kappa shape index (κ1) is 11.9. The largest absolute Gasteiger partial charge is 0.496 e. The van der Waals surface area contributed by atoms with Gasteiger partial charge in [-0.15, -0.1) is 0 Å². The second-order valence-corrected chi connectivity index (χ2v) is 3.74. The quantitative estimate of drug-likeness (QED) is 0.840. The van der Waals surface area contributed by atoms with Crippen LogP contribution in [0.25, 0.3) is 0 Å². The van der Waals surface area contributed by atoms with Crippen molar-refractivity contribution in [2.75, 3.05) is 7.11 Å². The molecule has 15 heavy (non-hydrogen) atoms. The molecule has 2 N–H and O–H groups in total. The van der Waals surface area contributed by atoms with Crippen LogP contribution in [0.4, 0.5) is 8.78 Å². The van der Waals surface area contributed by atoms with Crippen LogP contribution < -0.4 is 10.5 Å². The fourth-order valence-corrected chi connectivity index (χ4v) is 1.47. The summed E-state index contributed by atoms with van der Waals surface area (Å²) < 4.78 is 30.6. The molecule has 4 heteroatoms. The zero-order valence-corrected chi connectivity index (χ0v) is 9.05. The standard InChI is InChI=1S/C11H15F2NO/c1-7-5-4-6-8(9(7)15-3)11(2,14)10(12)13/h4-6,10H,14H2,1-3H3. The fourth-order valence-electron chi connectivity index (χ4n) is 1.47. The van der Waals surface area contributed by atoms with E-state index in [1.165, 1.54) is 14.0 Å². The topological polar surface area (TPSA) is 35.2 Å². The van der Waals surface area contributed by atoms with Gasteiger partial charge in [-0.2, -0.15) is 0 Å². The number of nitrogens with two attached hydrogens (primary N) is 1. The summed E-state index contributed by atoms with van der Waals surface area (Å²) in [6.07, 6.45) is -2.63. The smallest absolute Gasteiger partial charge is 0.260 e. The summed E-state index contributed by atoms with van der Waals surface area (Å²) in [7, 11) is 1.45. The first-order valence-electron chi connectivity index (χ1n) is 4.62. The highest BCUT2D eigenvalue weighted by Crippen LogP contribution is 2.34. The lowest BCUT2D eigenvalue weighted by Crippen LogP contribution is -2.41. The summed E-state index contributed by atoms with van der Waals surface area (Å²) >= 11 is 0. The Balaban J connectivity index is 3.31. The van der Waals surface area contributed by atoms with E-state index in [9.17, 15) is 8.78 Å². The van der Waals surface area contributed by atoms with Crippen molar-refractivity contribution in [2.24, 2.45) is 5.73 Å². The van der Waals surface area contributed by atoms with Gasteiger partial charge in [0.15, 0.2) is 0 Å². The normalized spacial score (nSPS) is 15.1. The number of benzene rings is 1. The van der Waals surface area contributed by atoms with Crippen molar-refractivity contribution in [3.05, 3.63) is 29.3 Å². The van der Waals surface area contributed by atoms with E-state index in [1.54, 1.807) is 25.1 Å². The van der Waals surface area contributed by atoms with Gasteiger partial charge in [0.1, 0.15) is 11.3 Å². The van der Waals surface area contributed by atoms with Crippen molar-refractivity contribution in [3.63, 3.8) is 0 Å². The van der Waals surface area contributed by atoms with E-state index in [0.717, 1.165) is 5.56 Å². The van der Waals surface area contributed by atoms with Crippen molar-refractivity contribution in [1.29, 1.82) is 0 Å². The molecule has 1 atom stereocenters. The third-order valence-corrected chi connectivity index (χ3v) is 2.45. The zero-order chi connectivity index (χ0) is 11.6. The lowest BCUT2D eigenvalue weighted by Gasteiger charge is -2.26. The second kappa shape index (κ2) is 4.14. The minimum Gasteiger partial charge on any atom is -0.496 e. The predicted octanol–water partition coefficient (Wildman–Crippen LogP) is 2.44. The van der Waals surface area contributed by atoms with Crippen LogP contribution in [0.5, 0.6) is 5.75 Å². The van der Waals surface area contributed by atoms with Crippen molar-refractivity contribution in [1.82, 2.24) is 0 Å². The average Bonchev–Trinajstić information content (AvgIpc) is 2.17. The molecular weight excluding hydrogens is 200 g/mol. The highest BCUT2D eigenvalue weighted by Gasteiger charge is 2.35. The molecular formula is C11H15F2NO. The van der Waals surface area contributed by atoms with Crippen LogP contribution in [0.15, 0.2) is 18.2 Å². The number of halogens is 2. The fraction of sp³-hybridized carbons (Fsp3) is 0.455. The number of hydrogen-bond donors (Lipinski definition) is 1. The van der Waals surface area contributed by atoms with Gasteiger partial charge >= 0.3 is 0 Å². The van der Waals surface area contributed by atoms with Crippen LogP contribution in [-0.4, -0.2) is 13.5 Å². The molecule has 0 fully saturated rings. The highest BCUT2D eigenvalue weighted by atomic mass is 19.3. The Morgan fingerprint density at radius 3 is 2.47 bits per heavy atom. The summed E-state index contributed by atoms with van der Waals surface area (Å²) in [6, 6.07) is 5.06. The van der Waals surface area contributed by atoms with Crippen LogP contribution in [0, 0.1) is 6.92 Å². The number of aryl methyl sites for hydroxylation is 1. The van der Waals surface area contributed by atoms with Crippen LogP contribution in [0.1, 0.15) is 18.1 Å². The molecule has 84 valence electrons. The molecule has 0 radical (unpaired) electrons. The molecule has 0 saturated heterocycles. The van der Waals surface area contributed by atoms with Gasteiger partial charge in [0.05, 0.1) is 7.11 Å². The van der Waals surface area contributed by atoms with E-state index in [4.69, 9.17) is 10.5 Å². The molecule has 1 aromatic rings. The maximum absolute atomic E-state index is 12.8. The van der Waals surface area contributed by atoms with Gasteiger partial charge in [-0.1, -0.05) is 18.2 Å². The van der Waals surface area contributed by atoms with Crippen LogP contribution in [0.3, 0.4) is 0 Å². The molecule has 0 aliphatic carbocycles. The van der Waals surface area contributed by atoms with E-state index >= 15 is 0 Å². The second-order valence-electron chi connectivity index (χ2n) is 3.74. The molecule has 0 spiro atoms. The summed E-state index contributed by atoms with van der Waals surface area (Å²) in [5.74, 6) is 0.433. The Morgan fingerprint density at radius 2 is 2.00 bits per heavy atom. The number of rotatable bonds is 3. The molecule has 1 rings (SSSR count). The SMILES string of the molecule is COc1c(C)cccc1C(C)(N)C(F)F. The summed E-state index contributed by atoms with van der Waals surface area (Å²) in [5, 5.41) is 0. The molecule has 1 aromatic carbocycles. The molecule has 0 aliphatic rings. The molecule has 0 saturated carbocycles. The Hall–Kier alpha value is -1.16. The van der Waals surface area contributed by atoms with Gasteiger partial charge in [-0.3, -0.25) is 0 Å². The number of para-hydroxylation sites is 1. The minimum absolute atomic E-state index is 0.333. The molecule has 1 unspecified atom stereocenters. The van der Waals surface area contributed by atoms with E-state index in [0.29, 0.717) is 11.3 Å². The number of ether oxygens (including phenoxy) is 1. The Kier molecular flexibility index (Phi) is 3.29. The molecule has 0 amide bonds. The Morgan fingerprint density at radius 1 is 1.40 bits per heavy atom. The van der Waals surface area contributed by atoms with Crippen LogP contribution in [0.2, 0.25) is 0 Å². The van der Waals surface area contributed by atoms with Crippen molar-refractivity contribution < 1.29 is 13.5 Å². The van der Waals surface area contributed by atoms with E-state index in [-0.39, 0.29) is 0 Å². The van der Waals surface area contributed by atoms with Crippen LogP contribution in [-0.2, 0) is 5.54 Å². The van der Waals surface area contributed by atoms with Gasteiger partial charge < -0.3 is 10.5 Å². The zero-order valence-electron chi connectivity index (χ0n) is 9.05. The van der Waals surface area contributed by atoms with E-state index < -0.39 is 12.0 Å². The lowest BCUT2D eigenvalue weighted by molar-refractivity contribution is 0.0610. The Labute approximate surface area is 88.0 Å². The number of hydrogen-bond acceptors (Lipinski definition) is 2. The highest BCUT2D eigenvalue weighted by molar-refractivity contribution is 5.44. The van der Waals surface area contributed by atoms with E-state index in [1.807, 2.05) is 0 Å². The molecule has 0 aliphatic heterocycles. The molecule has 0 heterocycles. The van der Waals surface area contributed by atoms with Gasteiger partial charge in [-0.25, -0.2) is 8.78 Å². The Bertz CT molecular complexity index is 350. The maximum Gasteiger partial charge on any atom is 0.260 e. The summed E-state index contributed by atoms with van der Waals surface area (Å²) in [4.78, 5) is 0. The monoisotopic (exact) mass is 215 g/mol. The molecule has 0 aromatic heterocycles.